The first-order valence-electron chi connectivity index (χ1n) is 9.79. The van der Waals surface area contributed by atoms with Crippen LogP contribution in [0.1, 0.15) is 31.2 Å². The molecule has 10 nitrogen and oxygen atoms in total. The van der Waals surface area contributed by atoms with Crippen LogP contribution in [0.25, 0.3) is 0 Å². The van der Waals surface area contributed by atoms with Gasteiger partial charge in [0.15, 0.2) is 11.9 Å². The molecule has 1 aromatic carbocycles. The molecule has 2 aromatic rings. The smallest absolute Gasteiger partial charge is 0.387 e. The summed E-state index contributed by atoms with van der Waals surface area (Å²) in [6.07, 6.45) is -3.40. The number of ether oxygens (including phenoxy) is 1. The summed E-state index contributed by atoms with van der Waals surface area (Å²) in [6, 6.07) is 8.19. The van der Waals surface area contributed by atoms with Gasteiger partial charge in [0.25, 0.3) is 0 Å². The highest BCUT2D eigenvalue weighted by molar-refractivity contribution is 7.48. The molecule has 1 unspecified atom stereocenters. The molecule has 0 spiro atoms. The van der Waals surface area contributed by atoms with Crippen LogP contribution in [-0.4, -0.2) is 45.7 Å². The number of phosphoric acid groups is 1. The molecule has 32 heavy (non-hydrogen) atoms. The van der Waals surface area contributed by atoms with Gasteiger partial charge in [0.1, 0.15) is 18.0 Å². The lowest BCUT2D eigenvalue weighted by atomic mass is 9.98. The largest absolute Gasteiger partial charge is 0.475 e. The van der Waals surface area contributed by atoms with Gasteiger partial charge in [0.05, 0.1) is 19.3 Å². The summed E-state index contributed by atoms with van der Waals surface area (Å²) in [5.41, 5.74) is 2.95. The Morgan fingerprint density at radius 3 is 2.97 bits per heavy atom. The number of phosphoric ester groups is 1. The van der Waals surface area contributed by atoms with Crippen molar-refractivity contribution in [2.24, 2.45) is 0 Å². The summed E-state index contributed by atoms with van der Waals surface area (Å²) < 4.78 is 50.7. The number of rotatable bonds is 5. The van der Waals surface area contributed by atoms with E-state index in [1.54, 1.807) is 24.3 Å². The van der Waals surface area contributed by atoms with E-state index in [1.807, 2.05) is 0 Å². The minimum atomic E-state index is -4.03. The highest BCUT2D eigenvalue weighted by Crippen LogP contribution is 2.57. The Kier molecular flexibility index (Phi) is 6.43. The Hall–Kier alpha value is -1.85. The van der Waals surface area contributed by atoms with Crippen LogP contribution >= 0.6 is 19.4 Å². The number of nitrogens with two attached hydrogens (primary N) is 1. The maximum Gasteiger partial charge on any atom is 0.475 e. The van der Waals surface area contributed by atoms with Crippen molar-refractivity contribution in [1.29, 1.82) is 0 Å². The molecule has 0 radical (unpaired) electrons. The summed E-state index contributed by atoms with van der Waals surface area (Å²) in [5, 5.41) is 10.9. The number of aliphatic hydroxyl groups is 1. The molecule has 0 aliphatic carbocycles. The number of aromatic nitrogens is 2. The summed E-state index contributed by atoms with van der Waals surface area (Å²) in [7, 11) is -4.03. The minimum Gasteiger partial charge on any atom is -0.387 e. The molecule has 0 saturated carbocycles. The number of halogens is 2. The van der Waals surface area contributed by atoms with E-state index in [4.69, 9.17) is 35.6 Å². The van der Waals surface area contributed by atoms with Gasteiger partial charge in [-0.1, -0.05) is 23.7 Å². The number of benzene rings is 1. The van der Waals surface area contributed by atoms with Gasteiger partial charge in [0, 0.05) is 17.6 Å². The monoisotopic (exact) mass is 489 g/mol. The van der Waals surface area contributed by atoms with Crippen molar-refractivity contribution >= 4 is 25.2 Å². The highest BCUT2D eigenvalue weighted by Gasteiger charge is 2.56. The van der Waals surface area contributed by atoms with Gasteiger partial charge in [-0.25, -0.2) is 13.8 Å². The fourth-order valence-corrected chi connectivity index (χ4v) is 5.22. The van der Waals surface area contributed by atoms with E-state index in [-0.39, 0.29) is 12.4 Å². The SMILES string of the molecule is C[C@@]1(F)C(n2ccc(N)nc2=O)O[C@H](CO[P@@]2(=O)OCC[C@@H](c3cccc(Cl)c3)O2)[C@H]1O. The van der Waals surface area contributed by atoms with Crippen LogP contribution in [0.15, 0.2) is 41.3 Å². The first-order chi connectivity index (χ1) is 15.1. The predicted octanol–water partition coefficient (Wildman–Crippen LogP) is 2.77. The first kappa shape index (κ1) is 23.3. The number of hydrogen-bond acceptors (Lipinski definition) is 9. The number of alkyl halides is 1. The van der Waals surface area contributed by atoms with Crippen LogP contribution in [-0.2, 0) is 22.9 Å². The van der Waals surface area contributed by atoms with E-state index >= 15 is 4.39 Å². The van der Waals surface area contributed by atoms with E-state index in [9.17, 15) is 14.5 Å². The second-order valence-electron chi connectivity index (χ2n) is 7.68. The van der Waals surface area contributed by atoms with Crippen molar-refractivity contribution in [2.75, 3.05) is 18.9 Å². The molecule has 2 saturated heterocycles. The lowest BCUT2D eigenvalue weighted by Crippen LogP contribution is -2.43. The number of nitrogens with zero attached hydrogens (tertiary/aromatic N) is 2. The second-order valence-corrected chi connectivity index (χ2v) is 9.74. The average Bonchev–Trinajstić information content (AvgIpc) is 2.96. The fourth-order valence-electron chi connectivity index (χ4n) is 3.63. The van der Waals surface area contributed by atoms with E-state index in [0.29, 0.717) is 17.0 Å². The maximum absolute atomic E-state index is 15.3. The van der Waals surface area contributed by atoms with Crippen LogP contribution in [0.2, 0.25) is 5.02 Å². The zero-order valence-corrected chi connectivity index (χ0v) is 18.6. The third-order valence-corrected chi connectivity index (χ3v) is 7.04. The Labute approximate surface area is 187 Å². The van der Waals surface area contributed by atoms with Crippen molar-refractivity contribution in [2.45, 2.75) is 43.6 Å². The van der Waals surface area contributed by atoms with Crippen LogP contribution < -0.4 is 11.4 Å². The van der Waals surface area contributed by atoms with E-state index in [1.165, 1.54) is 12.3 Å². The summed E-state index contributed by atoms with van der Waals surface area (Å²) in [5.74, 6) is -0.0378. The van der Waals surface area contributed by atoms with Crippen molar-refractivity contribution in [1.82, 2.24) is 9.55 Å². The average molecular weight is 490 g/mol. The molecular formula is C19H22ClFN3O7P. The van der Waals surface area contributed by atoms with E-state index in [0.717, 1.165) is 11.5 Å². The molecule has 4 rings (SSSR count). The van der Waals surface area contributed by atoms with Gasteiger partial charge in [-0.05, 0) is 30.7 Å². The lowest BCUT2D eigenvalue weighted by molar-refractivity contribution is -0.0653. The minimum absolute atomic E-state index is 0.0378. The second kappa shape index (κ2) is 8.83. The maximum atomic E-state index is 15.3. The van der Waals surface area contributed by atoms with E-state index < -0.39 is 50.3 Å². The molecular weight excluding hydrogens is 468 g/mol. The Morgan fingerprint density at radius 1 is 1.47 bits per heavy atom. The Balaban J connectivity index is 1.46. The highest BCUT2D eigenvalue weighted by atomic mass is 35.5. The normalized spacial score (nSPS) is 35.1. The van der Waals surface area contributed by atoms with Gasteiger partial charge in [0.2, 0.25) is 0 Å². The van der Waals surface area contributed by atoms with Gasteiger partial charge < -0.3 is 15.6 Å². The third-order valence-electron chi connectivity index (χ3n) is 5.32. The van der Waals surface area contributed by atoms with Crippen molar-refractivity contribution < 1.29 is 32.4 Å². The molecule has 174 valence electrons. The van der Waals surface area contributed by atoms with Crippen molar-refractivity contribution in [3.63, 3.8) is 0 Å². The molecule has 0 amide bonds. The van der Waals surface area contributed by atoms with Gasteiger partial charge in [-0.2, -0.15) is 4.98 Å². The molecule has 2 aliphatic heterocycles. The lowest BCUT2D eigenvalue weighted by Gasteiger charge is -2.30. The predicted molar refractivity (Wildman–Crippen MR) is 112 cm³/mol. The number of nitrogen functional groups attached to an aromatic ring is 1. The van der Waals surface area contributed by atoms with Crippen LogP contribution in [0.5, 0.6) is 0 Å². The molecule has 6 atom stereocenters. The standard InChI is InChI=1S/C19H22ClFN3O7P/c1-19(21)16(25)14(30-17(19)24-7-5-15(22)23-18(24)26)10-29-32(27)28-8-6-13(31-32)11-3-2-4-12(20)9-11/h2-5,7,9,13-14,16-17,25H,6,8,10H2,1H3,(H2,22,23,26)/t13-,14+,16+,17?,19-,32+/m0/s1. The summed E-state index contributed by atoms with van der Waals surface area (Å²) >= 11 is 6.01. The molecule has 2 fully saturated rings. The first-order valence-corrected chi connectivity index (χ1v) is 11.6. The van der Waals surface area contributed by atoms with Gasteiger partial charge in [-0.15, -0.1) is 0 Å². The fraction of sp³-hybridized carbons (Fsp3) is 0.474. The summed E-state index contributed by atoms with van der Waals surface area (Å²) in [6.45, 7) is 0.669. The van der Waals surface area contributed by atoms with Gasteiger partial charge >= 0.3 is 13.5 Å². The van der Waals surface area contributed by atoms with E-state index in [2.05, 4.69) is 4.98 Å². The third kappa shape index (κ3) is 4.60. The molecule has 2 aliphatic rings. The number of hydrogen-bond donors (Lipinski definition) is 2. The Morgan fingerprint density at radius 2 is 2.25 bits per heavy atom. The van der Waals surface area contributed by atoms with Crippen LogP contribution in [0.3, 0.4) is 0 Å². The molecule has 1 aromatic heterocycles. The topological polar surface area (TPSA) is 135 Å². The number of anilines is 1. The zero-order chi connectivity index (χ0) is 23.1. The van der Waals surface area contributed by atoms with Crippen LogP contribution in [0, 0.1) is 0 Å². The van der Waals surface area contributed by atoms with Crippen molar-refractivity contribution in [3.8, 4) is 0 Å². The van der Waals surface area contributed by atoms with Crippen molar-refractivity contribution in [3.05, 3.63) is 57.6 Å². The zero-order valence-electron chi connectivity index (χ0n) is 17.0. The Bertz CT molecular complexity index is 1100. The molecule has 0 bridgehead atoms. The van der Waals surface area contributed by atoms with Gasteiger partial charge in [-0.3, -0.25) is 18.1 Å². The molecule has 3 heterocycles. The van der Waals surface area contributed by atoms with Crippen LogP contribution in [0.4, 0.5) is 10.2 Å². The number of aliphatic hydroxyl groups excluding tert-OH is 1. The molecule has 13 heteroatoms. The molecule has 3 N–H and O–H groups in total. The summed E-state index contributed by atoms with van der Waals surface area (Å²) in [4.78, 5) is 15.6. The quantitative estimate of drug-likeness (QED) is 0.607.